The zero-order valence-corrected chi connectivity index (χ0v) is 20.5. The van der Waals surface area contributed by atoms with E-state index in [4.69, 9.17) is 9.47 Å². The van der Waals surface area contributed by atoms with Gasteiger partial charge in [0.15, 0.2) is 11.5 Å². The number of nitrogens with zero attached hydrogens (tertiary/aromatic N) is 4. The fourth-order valence-electron chi connectivity index (χ4n) is 4.26. The molecule has 0 bridgehead atoms. The van der Waals surface area contributed by atoms with Crippen molar-refractivity contribution in [1.29, 1.82) is 0 Å². The topological polar surface area (TPSA) is 107 Å². The van der Waals surface area contributed by atoms with Gasteiger partial charge in [0.05, 0.1) is 31.2 Å². The summed E-state index contributed by atoms with van der Waals surface area (Å²) in [5.41, 5.74) is 1.11. The Labute approximate surface area is 210 Å². The van der Waals surface area contributed by atoms with Crippen LogP contribution < -0.4 is 9.47 Å². The number of aryl methyl sites for hydroxylation is 1. The highest BCUT2D eigenvalue weighted by Gasteiger charge is 2.46. The van der Waals surface area contributed by atoms with E-state index in [0.29, 0.717) is 55.4 Å². The summed E-state index contributed by atoms with van der Waals surface area (Å²) >= 11 is 0. The van der Waals surface area contributed by atoms with E-state index in [1.807, 2.05) is 30.7 Å². The number of ether oxygens (including phenoxy) is 2. The highest BCUT2D eigenvalue weighted by Crippen LogP contribution is 2.42. The number of rotatable bonds is 11. The van der Waals surface area contributed by atoms with Crippen LogP contribution in [0, 0.1) is 0 Å². The van der Waals surface area contributed by atoms with E-state index in [9.17, 15) is 14.7 Å². The molecular formula is C27H30N4O5. The van der Waals surface area contributed by atoms with Crippen molar-refractivity contribution in [2.75, 3.05) is 19.8 Å². The zero-order chi connectivity index (χ0) is 25.5. The average Bonchev–Trinajstić information content (AvgIpc) is 3.50. The van der Waals surface area contributed by atoms with Crippen LogP contribution in [0.5, 0.6) is 11.5 Å². The molecule has 1 aliphatic rings. The van der Waals surface area contributed by atoms with Gasteiger partial charge < -0.3 is 24.0 Å². The fourth-order valence-corrected chi connectivity index (χ4v) is 4.26. The van der Waals surface area contributed by atoms with Crippen molar-refractivity contribution in [2.24, 2.45) is 0 Å². The molecule has 1 atom stereocenters. The van der Waals surface area contributed by atoms with E-state index in [2.05, 4.69) is 9.97 Å². The highest BCUT2D eigenvalue weighted by molar-refractivity contribution is 6.46. The van der Waals surface area contributed by atoms with Crippen LogP contribution in [0.15, 0.2) is 67.0 Å². The van der Waals surface area contributed by atoms with E-state index in [-0.39, 0.29) is 11.3 Å². The second-order valence-corrected chi connectivity index (χ2v) is 8.37. The standard InChI is InChI=1S/C27H30N4O5/c1-3-16-36-21-7-6-20(17-22(21)35-4-2)24-23(25(32)19-8-10-28-11-9-19)26(33)27(34)31(24)14-5-13-30-15-12-29-18-30/h6-12,15,17-18,24,32H,3-5,13-14,16H2,1-2H3/b25-23+. The summed E-state index contributed by atoms with van der Waals surface area (Å²) in [6.07, 6.45) is 9.74. The molecule has 9 nitrogen and oxygen atoms in total. The number of imidazole rings is 1. The Morgan fingerprint density at radius 2 is 1.81 bits per heavy atom. The molecule has 1 unspecified atom stereocenters. The van der Waals surface area contributed by atoms with Gasteiger partial charge in [0.1, 0.15) is 5.76 Å². The van der Waals surface area contributed by atoms with Crippen molar-refractivity contribution >= 4 is 17.4 Å². The van der Waals surface area contributed by atoms with Crippen LogP contribution in [-0.4, -0.2) is 56.0 Å². The number of carbonyl (C=O) groups excluding carboxylic acids is 2. The maximum atomic E-state index is 13.2. The van der Waals surface area contributed by atoms with Crippen LogP contribution in [0.2, 0.25) is 0 Å². The maximum absolute atomic E-state index is 13.2. The lowest BCUT2D eigenvalue weighted by atomic mass is 9.95. The lowest BCUT2D eigenvalue weighted by molar-refractivity contribution is -0.139. The van der Waals surface area contributed by atoms with Crippen LogP contribution in [0.1, 0.15) is 43.9 Å². The van der Waals surface area contributed by atoms with Crippen molar-refractivity contribution in [2.45, 2.75) is 39.3 Å². The molecule has 9 heteroatoms. The summed E-state index contributed by atoms with van der Waals surface area (Å²) < 4.78 is 13.6. The maximum Gasteiger partial charge on any atom is 0.295 e. The summed E-state index contributed by atoms with van der Waals surface area (Å²) in [5.74, 6) is -0.487. The molecule has 2 aromatic heterocycles. The molecule has 4 rings (SSSR count). The highest BCUT2D eigenvalue weighted by atomic mass is 16.5. The van der Waals surface area contributed by atoms with Gasteiger partial charge in [0.2, 0.25) is 0 Å². The van der Waals surface area contributed by atoms with E-state index in [1.54, 1.807) is 36.8 Å². The Bertz CT molecular complexity index is 1220. The summed E-state index contributed by atoms with van der Waals surface area (Å²) in [6, 6.07) is 7.81. The molecular weight excluding hydrogens is 460 g/mol. The fraction of sp³-hybridized carbons (Fsp3) is 0.333. The number of ketones is 1. The largest absolute Gasteiger partial charge is 0.507 e. The summed E-state index contributed by atoms with van der Waals surface area (Å²) in [7, 11) is 0. The lowest BCUT2D eigenvalue weighted by Crippen LogP contribution is -2.31. The molecule has 1 amide bonds. The number of amides is 1. The zero-order valence-electron chi connectivity index (χ0n) is 20.5. The molecule has 3 aromatic rings. The Morgan fingerprint density at radius 1 is 1.00 bits per heavy atom. The van der Waals surface area contributed by atoms with Gasteiger partial charge in [-0.05, 0) is 49.6 Å². The lowest BCUT2D eigenvalue weighted by Gasteiger charge is -2.26. The monoisotopic (exact) mass is 490 g/mol. The molecule has 1 aliphatic heterocycles. The van der Waals surface area contributed by atoms with Crippen LogP contribution in [0.3, 0.4) is 0 Å². The predicted molar refractivity (Wildman–Crippen MR) is 133 cm³/mol. The number of likely N-dealkylation sites (tertiary alicyclic amines) is 1. The molecule has 1 saturated heterocycles. The molecule has 188 valence electrons. The number of aliphatic hydroxyl groups is 1. The smallest absolute Gasteiger partial charge is 0.295 e. The van der Waals surface area contributed by atoms with E-state index in [0.717, 1.165) is 6.42 Å². The Kier molecular flexibility index (Phi) is 7.99. The molecule has 1 fully saturated rings. The van der Waals surface area contributed by atoms with Gasteiger partial charge in [-0.3, -0.25) is 14.6 Å². The van der Waals surface area contributed by atoms with Crippen molar-refractivity contribution in [3.8, 4) is 11.5 Å². The number of hydrogen-bond donors (Lipinski definition) is 1. The molecule has 3 heterocycles. The van der Waals surface area contributed by atoms with E-state index in [1.165, 1.54) is 17.3 Å². The minimum atomic E-state index is -0.777. The number of carbonyl (C=O) groups is 2. The Hall–Kier alpha value is -4.14. The Balaban J connectivity index is 1.75. The number of pyridine rings is 1. The van der Waals surface area contributed by atoms with Gasteiger partial charge in [-0.25, -0.2) is 4.98 Å². The molecule has 1 N–H and O–H groups in total. The minimum absolute atomic E-state index is 0.0403. The predicted octanol–water partition coefficient (Wildman–Crippen LogP) is 3.98. The van der Waals surface area contributed by atoms with Crippen LogP contribution in [-0.2, 0) is 16.1 Å². The minimum Gasteiger partial charge on any atom is -0.507 e. The molecule has 1 aromatic carbocycles. The third kappa shape index (κ3) is 5.25. The quantitative estimate of drug-likeness (QED) is 0.246. The van der Waals surface area contributed by atoms with Crippen molar-refractivity contribution in [1.82, 2.24) is 19.4 Å². The van der Waals surface area contributed by atoms with Crippen LogP contribution >= 0.6 is 0 Å². The van der Waals surface area contributed by atoms with E-state index < -0.39 is 17.7 Å². The van der Waals surface area contributed by atoms with Gasteiger partial charge in [0, 0.05) is 43.4 Å². The first-order valence-electron chi connectivity index (χ1n) is 12.1. The SMILES string of the molecule is CCCOc1ccc(C2/C(=C(\O)c3ccncc3)C(=O)C(=O)N2CCCn2ccnc2)cc1OCC. The second-order valence-electron chi connectivity index (χ2n) is 8.37. The molecule has 0 radical (unpaired) electrons. The van der Waals surface area contributed by atoms with Crippen LogP contribution in [0.4, 0.5) is 0 Å². The number of Topliss-reactive ketones (excluding diaryl/α,β-unsaturated/α-hetero) is 1. The molecule has 0 saturated carbocycles. The average molecular weight is 491 g/mol. The van der Waals surface area contributed by atoms with Gasteiger partial charge in [0.25, 0.3) is 11.7 Å². The third-order valence-electron chi connectivity index (χ3n) is 5.91. The first kappa shape index (κ1) is 25.0. The molecule has 0 spiro atoms. The second kappa shape index (κ2) is 11.5. The van der Waals surface area contributed by atoms with Crippen molar-refractivity contribution < 1.29 is 24.2 Å². The summed E-state index contributed by atoms with van der Waals surface area (Å²) in [5, 5.41) is 11.2. The number of aliphatic hydroxyl groups excluding tert-OH is 1. The van der Waals surface area contributed by atoms with Gasteiger partial charge in [-0.15, -0.1) is 0 Å². The van der Waals surface area contributed by atoms with Gasteiger partial charge in [-0.1, -0.05) is 13.0 Å². The number of aromatic nitrogens is 3. The number of benzene rings is 1. The first-order valence-corrected chi connectivity index (χ1v) is 12.1. The van der Waals surface area contributed by atoms with Gasteiger partial charge >= 0.3 is 0 Å². The Morgan fingerprint density at radius 3 is 2.50 bits per heavy atom. The van der Waals surface area contributed by atoms with Crippen molar-refractivity contribution in [3.05, 3.63) is 78.1 Å². The third-order valence-corrected chi connectivity index (χ3v) is 5.91. The molecule has 36 heavy (non-hydrogen) atoms. The number of hydrogen-bond acceptors (Lipinski definition) is 7. The van der Waals surface area contributed by atoms with Gasteiger partial charge in [-0.2, -0.15) is 0 Å². The summed E-state index contributed by atoms with van der Waals surface area (Å²) in [6.45, 7) is 5.81. The van der Waals surface area contributed by atoms with E-state index >= 15 is 0 Å². The normalized spacial score (nSPS) is 16.9. The molecule has 0 aliphatic carbocycles. The first-order chi connectivity index (χ1) is 17.5. The van der Waals surface area contributed by atoms with Crippen molar-refractivity contribution in [3.63, 3.8) is 0 Å². The van der Waals surface area contributed by atoms with Crippen LogP contribution in [0.25, 0.3) is 5.76 Å². The summed E-state index contributed by atoms with van der Waals surface area (Å²) in [4.78, 5) is 36.0.